The summed E-state index contributed by atoms with van der Waals surface area (Å²) in [5.41, 5.74) is 1.76. The lowest BCUT2D eigenvalue weighted by Crippen LogP contribution is -2.17. The van der Waals surface area contributed by atoms with Crippen LogP contribution in [0.5, 0.6) is 0 Å². The third-order valence-electron chi connectivity index (χ3n) is 3.35. The first-order chi connectivity index (χ1) is 9.68. The van der Waals surface area contributed by atoms with E-state index in [0.717, 1.165) is 11.3 Å². The van der Waals surface area contributed by atoms with E-state index in [9.17, 15) is 9.50 Å². The van der Waals surface area contributed by atoms with Crippen molar-refractivity contribution in [3.8, 4) is 0 Å². The molecule has 1 aromatic heterocycles. The Kier molecular flexibility index (Phi) is 4.40. The van der Waals surface area contributed by atoms with E-state index in [1.165, 1.54) is 12.1 Å². The normalized spacial score (nSPS) is 13.5. The Morgan fingerprint density at radius 1 is 1.38 bits per heavy atom. The second kappa shape index (κ2) is 5.78. The van der Waals surface area contributed by atoms with Gasteiger partial charge in [0.25, 0.3) is 0 Å². The first-order valence-corrected chi connectivity index (χ1v) is 7.22. The third kappa shape index (κ3) is 3.63. The van der Waals surface area contributed by atoms with E-state index in [4.69, 9.17) is 11.6 Å². The van der Waals surface area contributed by atoms with Crippen molar-refractivity contribution < 1.29 is 9.50 Å². The predicted molar refractivity (Wildman–Crippen MR) is 82.0 cm³/mol. The Labute approximate surface area is 129 Å². The van der Waals surface area contributed by atoms with Gasteiger partial charge in [-0.1, -0.05) is 32.4 Å². The lowest BCUT2D eigenvalue weighted by atomic mass is 9.87. The predicted octanol–water partition coefficient (Wildman–Crippen LogP) is 3.79. The van der Waals surface area contributed by atoms with Gasteiger partial charge in [0.15, 0.2) is 0 Å². The van der Waals surface area contributed by atoms with Crippen molar-refractivity contribution in [2.24, 2.45) is 7.05 Å². The monoisotopic (exact) mass is 310 g/mol. The van der Waals surface area contributed by atoms with Crippen LogP contribution in [0.3, 0.4) is 0 Å². The minimum atomic E-state index is -0.819. The number of rotatable bonds is 3. The van der Waals surface area contributed by atoms with Crippen LogP contribution in [0, 0.1) is 5.82 Å². The molecule has 2 rings (SSSR count). The van der Waals surface area contributed by atoms with Gasteiger partial charge >= 0.3 is 0 Å². The van der Waals surface area contributed by atoms with E-state index in [1.807, 2.05) is 27.8 Å². The molecule has 0 aliphatic carbocycles. The summed E-state index contributed by atoms with van der Waals surface area (Å²) in [4.78, 5) is 0. The largest absolute Gasteiger partial charge is 0.388 e. The Hall–Kier alpha value is -1.39. The van der Waals surface area contributed by atoms with Crippen molar-refractivity contribution in [3.05, 3.63) is 52.1 Å². The zero-order valence-electron chi connectivity index (χ0n) is 12.7. The number of hydrogen-bond donors (Lipinski definition) is 1. The molecule has 0 spiro atoms. The van der Waals surface area contributed by atoms with Gasteiger partial charge in [-0.05, 0) is 23.8 Å². The molecular weight excluding hydrogens is 291 g/mol. The van der Waals surface area contributed by atoms with Crippen molar-refractivity contribution in [1.82, 2.24) is 9.78 Å². The fourth-order valence-electron chi connectivity index (χ4n) is 2.35. The average molecular weight is 311 g/mol. The van der Waals surface area contributed by atoms with E-state index in [0.29, 0.717) is 10.6 Å². The Bertz CT molecular complexity index is 646. The van der Waals surface area contributed by atoms with E-state index >= 15 is 0 Å². The van der Waals surface area contributed by atoms with Crippen LogP contribution in [0.1, 0.15) is 43.7 Å². The molecule has 0 saturated heterocycles. The summed E-state index contributed by atoms with van der Waals surface area (Å²) in [7, 11) is 1.81. The van der Waals surface area contributed by atoms with Gasteiger partial charge in [-0.15, -0.1) is 0 Å². The molecule has 114 valence electrons. The summed E-state index contributed by atoms with van der Waals surface area (Å²) in [6.07, 6.45) is 1.13. The zero-order valence-corrected chi connectivity index (χ0v) is 13.4. The van der Waals surface area contributed by atoms with Crippen LogP contribution in [0.25, 0.3) is 0 Å². The molecule has 1 unspecified atom stereocenters. The first kappa shape index (κ1) is 16.0. The number of halogens is 2. The van der Waals surface area contributed by atoms with Crippen LogP contribution in [-0.2, 0) is 18.9 Å². The summed E-state index contributed by atoms with van der Waals surface area (Å²) in [5, 5.41) is 15.4. The highest BCUT2D eigenvalue weighted by molar-refractivity contribution is 6.30. The molecule has 1 atom stereocenters. The second-order valence-electron chi connectivity index (χ2n) is 6.31. The van der Waals surface area contributed by atoms with Crippen LogP contribution in [0.2, 0.25) is 5.02 Å². The molecule has 0 bridgehead atoms. The van der Waals surface area contributed by atoms with E-state index in [1.54, 1.807) is 16.9 Å². The van der Waals surface area contributed by atoms with Crippen LogP contribution < -0.4 is 0 Å². The van der Waals surface area contributed by atoms with Gasteiger partial charge in [0, 0.05) is 35.7 Å². The molecule has 0 fully saturated rings. The third-order valence-corrected chi connectivity index (χ3v) is 3.58. The number of benzene rings is 1. The maximum absolute atomic E-state index is 13.8. The second-order valence-corrected chi connectivity index (χ2v) is 6.75. The van der Waals surface area contributed by atoms with Crippen molar-refractivity contribution in [2.45, 2.75) is 38.7 Å². The van der Waals surface area contributed by atoms with Crippen LogP contribution in [0.15, 0.2) is 24.4 Å². The molecule has 2 aromatic rings. The Balaban J connectivity index is 2.33. The number of aryl methyl sites for hydroxylation is 1. The minimum absolute atomic E-state index is 0.168. The molecule has 0 saturated carbocycles. The van der Waals surface area contributed by atoms with Gasteiger partial charge < -0.3 is 5.11 Å². The highest BCUT2D eigenvalue weighted by atomic mass is 35.5. The van der Waals surface area contributed by atoms with Crippen LogP contribution >= 0.6 is 11.6 Å². The van der Waals surface area contributed by atoms with Crippen molar-refractivity contribution in [1.29, 1.82) is 0 Å². The fraction of sp³-hybridized carbons (Fsp3) is 0.438. The number of aliphatic hydroxyl groups excluding tert-OH is 1. The molecule has 0 radical (unpaired) electrons. The van der Waals surface area contributed by atoms with Gasteiger partial charge in [0.2, 0.25) is 0 Å². The molecule has 5 heteroatoms. The zero-order chi connectivity index (χ0) is 15.8. The maximum Gasteiger partial charge on any atom is 0.126 e. The highest BCUT2D eigenvalue weighted by Gasteiger charge is 2.26. The molecule has 0 amide bonds. The van der Waals surface area contributed by atoms with Crippen molar-refractivity contribution >= 4 is 11.6 Å². The number of hydrogen-bond acceptors (Lipinski definition) is 2. The quantitative estimate of drug-likeness (QED) is 0.936. The van der Waals surface area contributed by atoms with Gasteiger partial charge in [-0.3, -0.25) is 4.68 Å². The summed E-state index contributed by atoms with van der Waals surface area (Å²) in [6.45, 7) is 6.10. The SMILES string of the molecule is Cn1cc(C(O)Cc2cc(Cl)ccc2F)c(C(C)(C)C)n1. The molecule has 21 heavy (non-hydrogen) atoms. The average Bonchev–Trinajstić information content (AvgIpc) is 2.76. The molecule has 1 N–H and O–H groups in total. The lowest BCUT2D eigenvalue weighted by molar-refractivity contribution is 0.174. The molecule has 1 heterocycles. The number of nitrogens with zero attached hydrogens (tertiary/aromatic N) is 2. The summed E-state index contributed by atoms with van der Waals surface area (Å²) >= 11 is 5.89. The number of aliphatic hydroxyl groups is 1. The van der Waals surface area contributed by atoms with E-state index in [2.05, 4.69) is 5.10 Å². The summed E-state index contributed by atoms with van der Waals surface area (Å²) in [5.74, 6) is -0.361. The van der Waals surface area contributed by atoms with E-state index in [-0.39, 0.29) is 17.7 Å². The van der Waals surface area contributed by atoms with Crippen LogP contribution in [0.4, 0.5) is 4.39 Å². The van der Waals surface area contributed by atoms with Gasteiger partial charge in [0.1, 0.15) is 5.82 Å². The molecule has 3 nitrogen and oxygen atoms in total. The smallest absolute Gasteiger partial charge is 0.126 e. The maximum atomic E-state index is 13.8. The van der Waals surface area contributed by atoms with E-state index < -0.39 is 6.10 Å². The highest BCUT2D eigenvalue weighted by Crippen LogP contribution is 2.30. The van der Waals surface area contributed by atoms with Crippen LogP contribution in [-0.4, -0.2) is 14.9 Å². The minimum Gasteiger partial charge on any atom is -0.388 e. The summed E-state index contributed by atoms with van der Waals surface area (Å²) < 4.78 is 15.5. The van der Waals surface area contributed by atoms with Gasteiger partial charge in [-0.25, -0.2) is 4.39 Å². The molecule has 0 aliphatic heterocycles. The molecule has 0 aliphatic rings. The Morgan fingerprint density at radius 2 is 2.05 bits per heavy atom. The first-order valence-electron chi connectivity index (χ1n) is 6.84. The standard InChI is InChI=1S/C16H20ClFN2O/c1-16(2,3)15-12(9-20(4)19-15)14(21)8-10-7-11(17)5-6-13(10)18/h5-7,9,14,21H,8H2,1-4H3. The van der Waals surface area contributed by atoms with Gasteiger partial charge in [-0.2, -0.15) is 5.10 Å². The number of aromatic nitrogens is 2. The molecule has 1 aromatic carbocycles. The molecular formula is C16H20ClFN2O. The summed E-state index contributed by atoms with van der Waals surface area (Å²) in [6, 6.07) is 4.36. The lowest BCUT2D eigenvalue weighted by Gasteiger charge is -2.20. The Morgan fingerprint density at radius 3 is 2.67 bits per heavy atom. The topological polar surface area (TPSA) is 38.0 Å². The van der Waals surface area contributed by atoms with Gasteiger partial charge in [0.05, 0.1) is 11.8 Å². The van der Waals surface area contributed by atoms with Crippen molar-refractivity contribution in [2.75, 3.05) is 0 Å². The van der Waals surface area contributed by atoms with Crippen molar-refractivity contribution in [3.63, 3.8) is 0 Å². The fourth-order valence-corrected chi connectivity index (χ4v) is 2.55.